The van der Waals surface area contributed by atoms with Crippen molar-refractivity contribution in [2.24, 2.45) is 0 Å². The summed E-state index contributed by atoms with van der Waals surface area (Å²) in [7, 11) is 1.29. The highest BCUT2D eigenvalue weighted by Crippen LogP contribution is 2.31. The molecule has 0 amide bonds. The van der Waals surface area contributed by atoms with Gasteiger partial charge >= 0.3 is 5.97 Å². The van der Waals surface area contributed by atoms with Crippen molar-refractivity contribution in [3.05, 3.63) is 0 Å². The van der Waals surface area contributed by atoms with Gasteiger partial charge in [0.25, 0.3) is 0 Å². The average Bonchev–Trinajstić information content (AvgIpc) is 2.03. The van der Waals surface area contributed by atoms with Gasteiger partial charge in [0.05, 0.1) is 19.4 Å². The third-order valence-electron chi connectivity index (χ3n) is 1.33. The number of rotatable bonds is 5. The Morgan fingerprint density at radius 1 is 1.54 bits per heavy atom. The minimum Gasteiger partial charge on any atom is -0.469 e. The smallest absolute Gasteiger partial charge is 0.307 e. The summed E-state index contributed by atoms with van der Waals surface area (Å²) in [5, 5.41) is -0.457. The molecule has 0 N–H and O–H groups in total. The van der Waals surface area contributed by atoms with Gasteiger partial charge in [-0.3, -0.25) is 4.79 Å². The van der Waals surface area contributed by atoms with Crippen LogP contribution in [0.25, 0.3) is 0 Å². The van der Waals surface area contributed by atoms with E-state index >= 15 is 0 Å². The van der Waals surface area contributed by atoms with E-state index in [9.17, 15) is 4.79 Å². The van der Waals surface area contributed by atoms with Crippen LogP contribution in [-0.4, -0.2) is 28.7 Å². The molecule has 0 aromatic rings. The van der Waals surface area contributed by atoms with Crippen LogP contribution < -0.4 is 0 Å². The zero-order valence-electron chi connectivity index (χ0n) is 7.03. The van der Waals surface area contributed by atoms with Crippen LogP contribution in [0.1, 0.15) is 12.8 Å². The molecule has 0 aromatic carbocycles. The lowest BCUT2D eigenvalue weighted by Crippen LogP contribution is -2.22. The molecule has 1 unspecified atom stereocenters. The van der Waals surface area contributed by atoms with E-state index in [1.165, 1.54) is 7.11 Å². The van der Waals surface area contributed by atoms with Crippen molar-refractivity contribution in [2.75, 3.05) is 13.0 Å². The molecule has 0 aliphatic rings. The van der Waals surface area contributed by atoms with Gasteiger partial charge in [-0.1, -0.05) is 0 Å². The van der Waals surface area contributed by atoms with E-state index in [0.717, 1.165) is 0 Å². The molecule has 78 valence electrons. The van der Waals surface area contributed by atoms with Crippen molar-refractivity contribution in [3.63, 3.8) is 0 Å². The number of ether oxygens (including phenoxy) is 1. The average molecular weight is 268 g/mol. The first kappa shape index (κ1) is 13.6. The van der Waals surface area contributed by atoms with Crippen LogP contribution in [0.5, 0.6) is 0 Å². The summed E-state index contributed by atoms with van der Waals surface area (Å²) >= 11 is 22.7. The van der Waals surface area contributed by atoms with Crippen LogP contribution in [0.15, 0.2) is 0 Å². The van der Waals surface area contributed by atoms with Gasteiger partial charge in [0, 0.05) is 5.38 Å². The second-order valence-electron chi connectivity index (χ2n) is 2.57. The second-order valence-corrected chi connectivity index (χ2v) is 5.10. The van der Waals surface area contributed by atoms with Gasteiger partial charge in [0.15, 0.2) is 0 Å². The van der Waals surface area contributed by atoms with Crippen LogP contribution in [0.3, 0.4) is 0 Å². The van der Waals surface area contributed by atoms with E-state index in [-0.39, 0.29) is 18.7 Å². The van der Waals surface area contributed by atoms with Gasteiger partial charge in [0.2, 0.25) is 0 Å². The minimum atomic E-state index is -1.08. The fourth-order valence-corrected chi connectivity index (χ4v) is 1.74. The summed E-state index contributed by atoms with van der Waals surface area (Å²) in [5.41, 5.74) is 0. The van der Waals surface area contributed by atoms with Crippen molar-refractivity contribution >= 4 is 52.4 Å². The lowest BCUT2D eigenvalue weighted by atomic mass is 10.2. The lowest BCUT2D eigenvalue weighted by molar-refractivity contribution is -0.140. The number of carbonyl (C=O) groups is 1. The molecule has 0 heterocycles. The van der Waals surface area contributed by atoms with Crippen LogP contribution in [0, 0.1) is 0 Å². The van der Waals surface area contributed by atoms with E-state index in [0.29, 0.717) is 0 Å². The number of methoxy groups -OCH3 is 1. The van der Waals surface area contributed by atoms with E-state index in [1.54, 1.807) is 0 Å². The second kappa shape index (κ2) is 6.18. The van der Waals surface area contributed by atoms with Gasteiger partial charge < -0.3 is 4.74 Å². The molecule has 0 saturated carbocycles. The van der Waals surface area contributed by atoms with Gasteiger partial charge in [-0.15, -0.1) is 46.4 Å². The summed E-state index contributed by atoms with van der Waals surface area (Å²) in [5.74, 6) is -0.320. The third kappa shape index (κ3) is 6.67. The Kier molecular flexibility index (Phi) is 6.48. The Morgan fingerprint density at radius 3 is 2.46 bits per heavy atom. The highest BCUT2D eigenvalue weighted by Gasteiger charge is 2.27. The third-order valence-corrected chi connectivity index (χ3v) is 2.95. The topological polar surface area (TPSA) is 26.3 Å². The Morgan fingerprint density at radius 2 is 2.08 bits per heavy atom. The summed E-state index contributed by atoms with van der Waals surface area (Å²) < 4.78 is 3.35. The summed E-state index contributed by atoms with van der Waals surface area (Å²) in [4.78, 5) is 10.8. The van der Waals surface area contributed by atoms with Crippen molar-refractivity contribution in [1.29, 1.82) is 0 Å². The number of hydrogen-bond donors (Lipinski definition) is 0. The first-order chi connectivity index (χ1) is 5.91. The molecule has 0 aliphatic heterocycles. The molecular formula is C7H10Cl4O2. The summed E-state index contributed by atoms with van der Waals surface area (Å²) in [6.45, 7) is 0. The number of alkyl halides is 4. The van der Waals surface area contributed by atoms with E-state index in [4.69, 9.17) is 46.4 Å². The molecule has 0 bridgehead atoms. The van der Waals surface area contributed by atoms with Crippen LogP contribution in [0.4, 0.5) is 0 Å². The largest absolute Gasteiger partial charge is 0.469 e. The maximum Gasteiger partial charge on any atom is 0.307 e. The monoisotopic (exact) mass is 266 g/mol. The molecule has 0 rings (SSSR count). The van der Waals surface area contributed by atoms with Crippen molar-refractivity contribution in [3.8, 4) is 0 Å². The molecule has 13 heavy (non-hydrogen) atoms. The maximum atomic E-state index is 10.8. The molecule has 0 aromatic heterocycles. The lowest BCUT2D eigenvalue weighted by Gasteiger charge is -2.18. The Labute approximate surface area is 97.4 Å². The quantitative estimate of drug-likeness (QED) is 0.566. The van der Waals surface area contributed by atoms with Crippen LogP contribution in [-0.2, 0) is 9.53 Å². The molecule has 0 spiro atoms. The number of esters is 1. The van der Waals surface area contributed by atoms with E-state index in [1.807, 2.05) is 0 Å². The predicted molar refractivity (Wildman–Crippen MR) is 56.0 cm³/mol. The highest BCUT2D eigenvalue weighted by atomic mass is 35.5. The highest BCUT2D eigenvalue weighted by molar-refractivity contribution is 6.51. The molecule has 2 nitrogen and oxygen atoms in total. The predicted octanol–water partition coefficient (Wildman–Crippen LogP) is 2.96. The molecule has 1 atom stereocenters. The van der Waals surface area contributed by atoms with Crippen molar-refractivity contribution in [1.82, 2.24) is 0 Å². The minimum absolute atomic E-state index is 0.0699. The number of halogens is 4. The van der Waals surface area contributed by atoms with Gasteiger partial charge in [0.1, 0.15) is 4.33 Å². The van der Waals surface area contributed by atoms with Crippen molar-refractivity contribution < 1.29 is 9.53 Å². The van der Waals surface area contributed by atoms with Gasteiger partial charge in [-0.05, 0) is 6.42 Å². The fraction of sp³-hybridized carbons (Fsp3) is 0.857. The summed E-state index contributed by atoms with van der Waals surface area (Å²) in [6.07, 6.45) is 0.326. The number of hydrogen-bond acceptors (Lipinski definition) is 2. The molecule has 0 fully saturated rings. The first-order valence-electron chi connectivity index (χ1n) is 3.56. The number of carbonyl (C=O) groups excluding carboxylic acids is 1. The normalized spacial score (nSPS) is 13.9. The fourth-order valence-electron chi connectivity index (χ4n) is 0.715. The molecular weight excluding hydrogens is 258 g/mol. The molecule has 0 aliphatic carbocycles. The Bertz CT molecular complexity index is 172. The maximum absolute atomic E-state index is 10.8. The van der Waals surface area contributed by atoms with Gasteiger partial charge in [-0.2, -0.15) is 0 Å². The summed E-state index contributed by atoms with van der Waals surface area (Å²) in [6, 6.07) is 0. The van der Waals surface area contributed by atoms with Gasteiger partial charge in [-0.25, -0.2) is 0 Å². The zero-order chi connectivity index (χ0) is 10.5. The van der Waals surface area contributed by atoms with Crippen molar-refractivity contribution in [2.45, 2.75) is 22.6 Å². The Hall–Kier alpha value is 0.630. The van der Waals surface area contributed by atoms with E-state index in [2.05, 4.69) is 4.74 Å². The SMILES string of the molecule is COC(=O)CC(Cl)CC(Cl)(Cl)CCl. The molecule has 6 heteroatoms. The first-order valence-corrected chi connectivity index (χ1v) is 5.28. The standard InChI is InChI=1S/C7H10Cl4O2/c1-13-6(12)2-5(9)3-7(10,11)4-8/h5H,2-4H2,1H3. The molecule has 0 saturated heterocycles. The van der Waals surface area contributed by atoms with Crippen LogP contribution in [0.2, 0.25) is 0 Å². The Balaban J connectivity index is 3.86. The molecule has 0 radical (unpaired) electrons. The zero-order valence-corrected chi connectivity index (χ0v) is 10.1. The van der Waals surface area contributed by atoms with E-state index < -0.39 is 15.7 Å². The van der Waals surface area contributed by atoms with Crippen LogP contribution >= 0.6 is 46.4 Å².